The second kappa shape index (κ2) is 5.63. The Hall–Kier alpha value is -1.19. The number of H-pyrrole nitrogens is 1. The third-order valence-corrected chi connectivity index (χ3v) is 5.27. The molecule has 1 rings (SSSR count). The lowest BCUT2D eigenvalue weighted by Gasteiger charge is -2.12. The number of carbonyl (C=O) groups is 1. The molecule has 18 heavy (non-hydrogen) atoms. The van der Waals surface area contributed by atoms with E-state index >= 15 is 0 Å². The molecule has 0 bridgehead atoms. The molecule has 0 radical (unpaired) electrons. The van der Waals surface area contributed by atoms with Crippen molar-refractivity contribution in [2.45, 2.75) is 36.9 Å². The van der Waals surface area contributed by atoms with Crippen molar-refractivity contribution in [3.63, 3.8) is 0 Å². The van der Waals surface area contributed by atoms with Gasteiger partial charge in [0.25, 0.3) is 10.0 Å². The zero-order valence-electron chi connectivity index (χ0n) is 9.89. The van der Waals surface area contributed by atoms with Crippen molar-refractivity contribution in [3.05, 3.63) is 15.4 Å². The molecule has 1 aromatic heterocycles. The van der Waals surface area contributed by atoms with Gasteiger partial charge in [0.05, 0.1) is 0 Å². The Morgan fingerprint density at radius 2 is 2.17 bits per heavy atom. The van der Waals surface area contributed by atoms with Gasteiger partial charge in [-0.15, -0.1) is 0 Å². The molecule has 0 aliphatic rings. The zero-order valence-corrected chi connectivity index (χ0v) is 11.5. The lowest BCUT2D eigenvalue weighted by atomic mass is 10.2. The molecule has 0 fully saturated rings. The number of nitrogens with one attached hydrogen (secondary N) is 2. The van der Waals surface area contributed by atoms with E-state index in [-0.39, 0.29) is 16.3 Å². The molecule has 1 unspecified atom stereocenters. The van der Waals surface area contributed by atoms with Crippen LogP contribution in [0, 0.1) is 6.92 Å². The maximum Gasteiger partial charge on any atom is 0.321 e. The first-order chi connectivity index (χ1) is 8.27. The molecule has 7 nitrogen and oxygen atoms in total. The van der Waals surface area contributed by atoms with Gasteiger partial charge in [-0.3, -0.25) is 9.59 Å². The van der Waals surface area contributed by atoms with Gasteiger partial charge in [-0.25, -0.2) is 8.42 Å². The zero-order chi connectivity index (χ0) is 13.9. The number of aliphatic carboxylic acids is 1. The van der Waals surface area contributed by atoms with Crippen LogP contribution in [0.5, 0.6) is 0 Å². The molecule has 0 amide bonds. The van der Waals surface area contributed by atoms with Gasteiger partial charge in [-0.05, 0) is 13.3 Å². The van der Waals surface area contributed by atoms with Gasteiger partial charge in [0.1, 0.15) is 6.04 Å². The van der Waals surface area contributed by atoms with Crippen molar-refractivity contribution < 1.29 is 18.3 Å². The van der Waals surface area contributed by atoms with Gasteiger partial charge < -0.3 is 10.1 Å². The summed E-state index contributed by atoms with van der Waals surface area (Å²) in [6.07, 6.45) is 0.717. The summed E-state index contributed by atoms with van der Waals surface area (Å²) in [5.41, 5.74) is 0.207. The maximum atomic E-state index is 11.9. The standard InChI is InChI=1S/C9H14N2O5S2/c1-3-4-6(7(12)13)11-18(15,16)8-5(2)10-9(14)17-8/h6,11H,3-4H2,1-2H3,(H,10,14)(H,12,13). The maximum absolute atomic E-state index is 11.9. The van der Waals surface area contributed by atoms with Gasteiger partial charge in [0.2, 0.25) is 0 Å². The largest absolute Gasteiger partial charge is 0.480 e. The highest BCUT2D eigenvalue weighted by Crippen LogP contribution is 2.16. The number of aryl methyl sites for hydroxylation is 1. The third-order valence-electron chi connectivity index (χ3n) is 2.20. The Balaban J connectivity index is 3.04. The molecule has 1 heterocycles. The summed E-state index contributed by atoms with van der Waals surface area (Å²) in [5.74, 6) is -1.24. The summed E-state index contributed by atoms with van der Waals surface area (Å²) >= 11 is 0.539. The van der Waals surface area contributed by atoms with Crippen LogP contribution in [0.1, 0.15) is 25.5 Å². The monoisotopic (exact) mass is 294 g/mol. The summed E-state index contributed by atoms with van der Waals surface area (Å²) in [6, 6.07) is -1.18. The quantitative estimate of drug-likeness (QED) is 0.696. The van der Waals surface area contributed by atoms with Gasteiger partial charge in [0, 0.05) is 5.69 Å². The van der Waals surface area contributed by atoms with Crippen molar-refractivity contribution >= 4 is 27.3 Å². The van der Waals surface area contributed by atoms with Crippen LogP contribution in [0.2, 0.25) is 0 Å². The average molecular weight is 294 g/mol. The number of hydrogen-bond donors (Lipinski definition) is 3. The summed E-state index contributed by atoms with van der Waals surface area (Å²) in [6.45, 7) is 3.20. The number of sulfonamides is 1. The lowest BCUT2D eigenvalue weighted by Crippen LogP contribution is -2.40. The van der Waals surface area contributed by atoms with Gasteiger partial charge >= 0.3 is 10.8 Å². The molecule has 3 N–H and O–H groups in total. The average Bonchev–Trinajstić information content (AvgIpc) is 2.57. The Labute approximate surface area is 108 Å². The number of rotatable bonds is 6. The van der Waals surface area contributed by atoms with E-state index in [1.165, 1.54) is 6.92 Å². The molecular formula is C9H14N2O5S2. The molecule has 0 saturated heterocycles. The minimum Gasteiger partial charge on any atom is -0.480 e. The molecule has 1 atom stereocenters. The van der Waals surface area contributed by atoms with E-state index in [0.717, 1.165) is 0 Å². The topological polar surface area (TPSA) is 116 Å². The lowest BCUT2D eigenvalue weighted by molar-refractivity contribution is -0.139. The van der Waals surface area contributed by atoms with E-state index in [0.29, 0.717) is 17.8 Å². The van der Waals surface area contributed by atoms with Crippen LogP contribution in [0.4, 0.5) is 0 Å². The highest BCUT2D eigenvalue weighted by molar-refractivity contribution is 7.91. The van der Waals surface area contributed by atoms with Crippen LogP contribution in [0.15, 0.2) is 9.00 Å². The van der Waals surface area contributed by atoms with Crippen LogP contribution in [0.25, 0.3) is 0 Å². The van der Waals surface area contributed by atoms with E-state index in [9.17, 15) is 18.0 Å². The molecule has 0 aliphatic carbocycles. The predicted molar refractivity (Wildman–Crippen MR) is 66.3 cm³/mol. The highest BCUT2D eigenvalue weighted by Gasteiger charge is 2.27. The highest BCUT2D eigenvalue weighted by atomic mass is 32.2. The molecule has 1 aromatic rings. The first kappa shape index (κ1) is 14.9. The minimum absolute atomic E-state index is 0.171. The SMILES string of the molecule is CCCC(NS(=O)(=O)c1sc(=O)[nH]c1C)C(=O)O. The predicted octanol–water partition coefficient (Wildman–Crippen LogP) is 0.276. The molecule has 0 spiro atoms. The van der Waals surface area contributed by atoms with Crippen LogP contribution in [-0.2, 0) is 14.8 Å². The number of carboxylic acid groups (broad SMARTS) is 1. The van der Waals surface area contributed by atoms with Gasteiger partial charge in [-0.1, -0.05) is 24.7 Å². The fourth-order valence-corrected chi connectivity index (χ4v) is 3.95. The first-order valence-corrected chi connectivity index (χ1v) is 7.52. The van der Waals surface area contributed by atoms with Crippen LogP contribution in [-0.4, -0.2) is 30.5 Å². The van der Waals surface area contributed by atoms with Crippen LogP contribution in [0.3, 0.4) is 0 Å². The molecule has 0 aromatic carbocycles. The molecule has 0 saturated carbocycles. The summed E-state index contributed by atoms with van der Waals surface area (Å²) in [7, 11) is -3.98. The Morgan fingerprint density at radius 1 is 1.56 bits per heavy atom. The van der Waals surface area contributed by atoms with E-state index in [1.54, 1.807) is 6.92 Å². The van der Waals surface area contributed by atoms with Crippen molar-refractivity contribution in [2.24, 2.45) is 0 Å². The van der Waals surface area contributed by atoms with E-state index in [1.807, 2.05) is 0 Å². The van der Waals surface area contributed by atoms with Crippen molar-refractivity contribution in [1.82, 2.24) is 9.71 Å². The van der Waals surface area contributed by atoms with E-state index in [2.05, 4.69) is 9.71 Å². The minimum atomic E-state index is -3.98. The van der Waals surface area contributed by atoms with Crippen molar-refractivity contribution in [1.29, 1.82) is 0 Å². The van der Waals surface area contributed by atoms with Crippen LogP contribution >= 0.6 is 11.3 Å². The summed E-state index contributed by atoms with van der Waals surface area (Å²) in [4.78, 5) is 23.8. The second-order valence-corrected chi connectivity index (χ2v) is 6.62. The van der Waals surface area contributed by atoms with Gasteiger partial charge in [0.15, 0.2) is 4.21 Å². The van der Waals surface area contributed by atoms with Crippen molar-refractivity contribution in [2.75, 3.05) is 0 Å². The molecule has 102 valence electrons. The van der Waals surface area contributed by atoms with E-state index in [4.69, 9.17) is 5.11 Å². The van der Waals surface area contributed by atoms with Crippen LogP contribution < -0.4 is 9.60 Å². The Kier molecular flexibility index (Phi) is 4.65. The van der Waals surface area contributed by atoms with E-state index < -0.39 is 26.9 Å². The summed E-state index contributed by atoms with van der Waals surface area (Å²) < 4.78 is 25.8. The number of aromatic nitrogens is 1. The Bertz CT molecular complexity index is 586. The first-order valence-electron chi connectivity index (χ1n) is 5.22. The number of aromatic amines is 1. The summed E-state index contributed by atoms with van der Waals surface area (Å²) in [5, 5.41) is 8.90. The van der Waals surface area contributed by atoms with Crippen molar-refractivity contribution in [3.8, 4) is 0 Å². The third kappa shape index (κ3) is 3.40. The Morgan fingerprint density at radius 3 is 2.56 bits per heavy atom. The number of hydrogen-bond acceptors (Lipinski definition) is 5. The normalized spacial score (nSPS) is 13.4. The number of carboxylic acids is 1. The molecular weight excluding hydrogens is 280 g/mol. The molecule has 0 aliphatic heterocycles. The number of thiazole rings is 1. The fraction of sp³-hybridized carbons (Fsp3) is 0.556. The van der Waals surface area contributed by atoms with Gasteiger partial charge in [-0.2, -0.15) is 4.72 Å². The fourth-order valence-electron chi connectivity index (χ4n) is 1.41. The molecule has 9 heteroatoms. The second-order valence-electron chi connectivity index (χ2n) is 3.73. The smallest absolute Gasteiger partial charge is 0.321 e.